The van der Waals surface area contributed by atoms with E-state index in [-0.39, 0.29) is 0 Å². The molecule has 2 aromatic heterocycles. The fourth-order valence-corrected chi connectivity index (χ4v) is 2.29. The molecule has 0 aliphatic carbocycles. The molecular formula is C15H17N3O2. The number of aryl methyl sites for hydroxylation is 1. The molecule has 0 fully saturated rings. The van der Waals surface area contributed by atoms with Crippen molar-refractivity contribution >= 4 is 10.9 Å². The number of nitrogens with zero attached hydrogens (tertiary/aromatic N) is 2. The van der Waals surface area contributed by atoms with Crippen LogP contribution in [0.2, 0.25) is 0 Å². The average Bonchev–Trinajstić information content (AvgIpc) is 3.02. The van der Waals surface area contributed by atoms with Crippen LogP contribution in [0.25, 0.3) is 22.3 Å². The quantitative estimate of drug-likeness (QED) is 0.793. The number of hydrogen-bond donors (Lipinski definition) is 1. The largest absolute Gasteiger partial charge is 0.439 e. The van der Waals surface area contributed by atoms with Gasteiger partial charge in [0.05, 0.1) is 0 Å². The lowest BCUT2D eigenvalue weighted by atomic mass is 10.1. The minimum Gasteiger partial charge on any atom is -0.347 e. The zero-order valence-corrected chi connectivity index (χ0v) is 11.6. The first-order valence-electron chi connectivity index (χ1n) is 6.79. The van der Waals surface area contributed by atoms with Crippen molar-refractivity contribution in [2.24, 2.45) is 5.92 Å². The summed E-state index contributed by atoms with van der Waals surface area (Å²) in [5.74, 6) is 0.619. The van der Waals surface area contributed by atoms with E-state index in [0.717, 1.165) is 23.9 Å². The highest BCUT2D eigenvalue weighted by atomic mass is 16.5. The maximum absolute atomic E-state index is 11.0. The molecule has 20 heavy (non-hydrogen) atoms. The van der Waals surface area contributed by atoms with E-state index in [1.807, 2.05) is 12.1 Å². The Kier molecular flexibility index (Phi) is 3.18. The molecule has 5 nitrogen and oxygen atoms in total. The number of aromatic nitrogens is 3. The summed E-state index contributed by atoms with van der Waals surface area (Å²) in [7, 11) is 0. The minimum atomic E-state index is -0.533. The van der Waals surface area contributed by atoms with E-state index in [0.29, 0.717) is 11.7 Å². The Balaban J connectivity index is 1.95. The Bertz CT molecular complexity index is 780. The Labute approximate surface area is 116 Å². The monoisotopic (exact) mass is 271 g/mol. The van der Waals surface area contributed by atoms with E-state index in [4.69, 9.17) is 0 Å². The smallest absolute Gasteiger partial charge is 0.347 e. The van der Waals surface area contributed by atoms with Gasteiger partial charge in [0.15, 0.2) is 5.82 Å². The summed E-state index contributed by atoms with van der Waals surface area (Å²) in [6.07, 6.45) is 3.25. The molecule has 0 unspecified atom stereocenters. The molecule has 3 rings (SSSR count). The van der Waals surface area contributed by atoms with Crippen molar-refractivity contribution in [3.05, 3.63) is 41.0 Å². The first kappa shape index (κ1) is 12.7. The van der Waals surface area contributed by atoms with E-state index in [2.05, 4.69) is 51.4 Å². The lowest BCUT2D eigenvalue weighted by Gasteiger charge is -2.07. The summed E-state index contributed by atoms with van der Waals surface area (Å²) in [6, 6.07) is 8.09. The third kappa shape index (κ3) is 2.39. The zero-order chi connectivity index (χ0) is 14.1. The summed E-state index contributed by atoms with van der Waals surface area (Å²) in [4.78, 5) is 13.6. The van der Waals surface area contributed by atoms with Gasteiger partial charge in [-0.3, -0.25) is 9.51 Å². The van der Waals surface area contributed by atoms with Gasteiger partial charge in [0, 0.05) is 29.2 Å². The van der Waals surface area contributed by atoms with Gasteiger partial charge < -0.3 is 4.57 Å². The lowest BCUT2D eigenvalue weighted by molar-refractivity contribution is 0.388. The van der Waals surface area contributed by atoms with Gasteiger partial charge in [-0.1, -0.05) is 19.0 Å². The summed E-state index contributed by atoms with van der Waals surface area (Å²) < 4.78 is 6.79. The van der Waals surface area contributed by atoms with Crippen LogP contribution in [0.1, 0.15) is 20.3 Å². The van der Waals surface area contributed by atoms with Gasteiger partial charge in [0.2, 0.25) is 0 Å². The fourth-order valence-electron chi connectivity index (χ4n) is 2.29. The molecular weight excluding hydrogens is 254 g/mol. The van der Waals surface area contributed by atoms with Crippen LogP contribution in [0, 0.1) is 5.92 Å². The highest BCUT2D eigenvalue weighted by molar-refractivity contribution is 5.84. The van der Waals surface area contributed by atoms with Crippen molar-refractivity contribution in [3.8, 4) is 11.4 Å². The van der Waals surface area contributed by atoms with E-state index in [9.17, 15) is 4.79 Å². The van der Waals surface area contributed by atoms with Crippen LogP contribution < -0.4 is 5.76 Å². The highest BCUT2D eigenvalue weighted by Gasteiger charge is 2.07. The Morgan fingerprint density at radius 3 is 2.90 bits per heavy atom. The molecule has 0 aliphatic rings. The van der Waals surface area contributed by atoms with Gasteiger partial charge in [-0.25, -0.2) is 4.79 Å². The molecule has 0 radical (unpaired) electrons. The van der Waals surface area contributed by atoms with Crippen molar-refractivity contribution in [1.82, 2.24) is 14.7 Å². The molecule has 0 spiro atoms. The molecule has 1 aromatic carbocycles. The second kappa shape index (κ2) is 5.00. The third-order valence-corrected chi connectivity index (χ3v) is 3.43. The van der Waals surface area contributed by atoms with Crippen LogP contribution in [-0.2, 0) is 6.54 Å². The molecule has 0 bridgehead atoms. The number of nitrogens with one attached hydrogen (secondary N) is 1. The van der Waals surface area contributed by atoms with Gasteiger partial charge in [-0.2, -0.15) is 0 Å². The molecule has 0 saturated heterocycles. The first-order chi connectivity index (χ1) is 9.63. The van der Waals surface area contributed by atoms with Crippen LogP contribution in [0.4, 0.5) is 0 Å². The third-order valence-electron chi connectivity index (χ3n) is 3.43. The van der Waals surface area contributed by atoms with Gasteiger partial charge in [-0.15, -0.1) is 0 Å². The van der Waals surface area contributed by atoms with Crippen LogP contribution in [0.3, 0.4) is 0 Å². The molecule has 0 amide bonds. The molecule has 0 aliphatic heterocycles. The Morgan fingerprint density at radius 2 is 2.20 bits per heavy atom. The minimum absolute atomic E-state index is 0.465. The SMILES string of the molecule is CC(C)CCn1ccc2cc(-c3noc(=O)[nH]3)ccc21. The maximum Gasteiger partial charge on any atom is 0.439 e. The summed E-state index contributed by atoms with van der Waals surface area (Å²) in [5.41, 5.74) is 2.05. The molecule has 0 saturated carbocycles. The second-order valence-corrected chi connectivity index (χ2v) is 5.41. The van der Waals surface area contributed by atoms with E-state index in [1.54, 1.807) is 0 Å². The van der Waals surface area contributed by atoms with Crippen molar-refractivity contribution in [1.29, 1.82) is 0 Å². The normalized spacial score (nSPS) is 11.6. The second-order valence-electron chi connectivity index (χ2n) is 5.41. The van der Waals surface area contributed by atoms with Crippen molar-refractivity contribution < 1.29 is 4.52 Å². The Morgan fingerprint density at radius 1 is 1.35 bits per heavy atom. The number of aromatic amines is 1. The number of rotatable bonds is 4. The van der Waals surface area contributed by atoms with Gasteiger partial charge >= 0.3 is 5.76 Å². The fraction of sp³-hybridized carbons (Fsp3) is 0.333. The van der Waals surface area contributed by atoms with Crippen molar-refractivity contribution in [2.75, 3.05) is 0 Å². The predicted molar refractivity (Wildman–Crippen MR) is 77.5 cm³/mol. The summed E-state index contributed by atoms with van der Waals surface area (Å²) in [6.45, 7) is 5.47. The van der Waals surface area contributed by atoms with Gasteiger partial charge in [0.1, 0.15) is 0 Å². The van der Waals surface area contributed by atoms with Crippen LogP contribution in [0.15, 0.2) is 39.8 Å². The van der Waals surface area contributed by atoms with E-state index in [1.165, 1.54) is 5.52 Å². The van der Waals surface area contributed by atoms with Gasteiger partial charge in [0.25, 0.3) is 0 Å². The van der Waals surface area contributed by atoms with E-state index < -0.39 is 5.76 Å². The molecule has 0 atom stereocenters. The standard InChI is InChI=1S/C15H17N3O2/c1-10(2)5-7-18-8-6-11-9-12(3-4-13(11)18)14-16-15(19)20-17-14/h3-4,6,8-10H,5,7H2,1-2H3,(H,16,17,19). The average molecular weight is 271 g/mol. The van der Waals surface area contributed by atoms with Crippen LogP contribution in [-0.4, -0.2) is 14.7 Å². The number of H-pyrrole nitrogens is 1. The maximum atomic E-state index is 11.0. The molecule has 1 N–H and O–H groups in total. The van der Waals surface area contributed by atoms with Crippen LogP contribution in [0.5, 0.6) is 0 Å². The number of fused-ring (bicyclic) bond motifs is 1. The summed E-state index contributed by atoms with van der Waals surface area (Å²) >= 11 is 0. The van der Waals surface area contributed by atoms with Crippen LogP contribution >= 0.6 is 0 Å². The van der Waals surface area contributed by atoms with Crippen molar-refractivity contribution in [3.63, 3.8) is 0 Å². The summed E-state index contributed by atoms with van der Waals surface area (Å²) in [5, 5.41) is 4.84. The molecule has 5 heteroatoms. The predicted octanol–water partition coefficient (Wildman–Crippen LogP) is 3.03. The van der Waals surface area contributed by atoms with Gasteiger partial charge in [-0.05, 0) is 36.6 Å². The highest BCUT2D eigenvalue weighted by Crippen LogP contribution is 2.23. The first-order valence-corrected chi connectivity index (χ1v) is 6.79. The topological polar surface area (TPSA) is 63.8 Å². The number of benzene rings is 1. The zero-order valence-electron chi connectivity index (χ0n) is 11.6. The van der Waals surface area contributed by atoms with E-state index >= 15 is 0 Å². The Hall–Kier alpha value is -2.30. The lowest BCUT2D eigenvalue weighted by Crippen LogP contribution is -1.99. The van der Waals surface area contributed by atoms with Crippen molar-refractivity contribution in [2.45, 2.75) is 26.8 Å². The molecule has 2 heterocycles. The molecule has 104 valence electrons. The molecule has 3 aromatic rings. The number of hydrogen-bond acceptors (Lipinski definition) is 3.